The molecular formula is C56H68N4O16. The smallest absolute Gasteiger partial charge is 0.408 e. The van der Waals surface area contributed by atoms with Crippen LogP contribution in [0.2, 0.25) is 0 Å². The summed E-state index contributed by atoms with van der Waals surface area (Å²) in [6.45, 7) is 3.43. The topological polar surface area (TPSA) is 263 Å². The summed E-state index contributed by atoms with van der Waals surface area (Å²) >= 11 is 0. The number of hydrogen-bond donors (Lipinski definition) is 8. The molecule has 0 spiro atoms. The highest BCUT2D eigenvalue weighted by atomic mass is 16.8. The van der Waals surface area contributed by atoms with Gasteiger partial charge in [0.25, 0.3) is 0 Å². The lowest BCUT2D eigenvalue weighted by Gasteiger charge is -2.46. The molecule has 0 aromatic heterocycles. The van der Waals surface area contributed by atoms with Crippen molar-refractivity contribution in [3.63, 3.8) is 0 Å². The minimum Gasteiger partial charge on any atom is -0.508 e. The fourth-order valence-corrected chi connectivity index (χ4v) is 9.35. The van der Waals surface area contributed by atoms with Gasteiger partial charge in [0.15, 0.2) is 18.9 Å². The lowest BCUT2D eigenvalue weighted by atomic mass is 9.80. The zero-order valence-corrected chi connectivity index (χ0v) is 42.3. The van der Waals surface area contributed by atoms with E-state index >= 15 is 0 Å². The summed E-state index contributed by atoms with van der Waals surface area (Å²) in [6.07, 6.45) is -7.36. The van der Waals surface area contributed by atoms with Gasteiger partial charge in [0.1, 0.15) is 62.1 Å². The van der Waals surface area contributed by atoms with Crippen LogP contribution in [0.4, 0.5) is 14.4 Å². The maximum atomic E-state index is 13.2. The first-order valence-corrected chi connectivity index (χ1v) is 25.6. The van der Waals surface area contributed by atoms with Gasteiger partial charge in [-0.2, -0.15) is 0 Å². The first-order valence-electron chi connectivity index (χ1n) is 25.6. The average molecular weight is 1050 g/mol. The quantitative estimate of drug-likeness (QED) is 0.0404. The first-order chi connectivity index (χ1) is 36.9. The molecule has 20 nitrogen and oxygen atoms in total. The average Bonchev–Trinajstić information content (AvgIpc) is 3.74. The van der Waals surface area contributed by atoms with Gasteiger partial charge in [-0.3, -0.25) is 0 Å². The molecular weight excluding hydrogens is 985 g/mol. The minimum atomic E-state index is -1.64. The third kappa shape index (κ3) is 15.6. The number of amides is 3. The number of rotatable bonds is 21. The van der Waals surface area contributed by atoms with Gasteiger partial charge in [-0.25, -0.2) is 14.4 Å². The van der Waals surface area contributed by atoms with Gasteiger partial charge in [-0.15, -0.1) is 0 Å². The zero-order valence-electron chi connectivity index (χ0n) is 42.3. The Morgan fingerprint density at radius 3 is 1.66 bits per heavy atom. The third-order valence-corrected chi connectivity index (χ3v) is 13.4. The molecule has 1 saturated heterocycles. The van der Waals surface area contributed by atoms with E-state index in [0.29, 0.717) is 12.8 Å². The van der Waals surface area contributed by atoms with Gasteiger partial charge < -0.3 is 84.3 Å². The van der Waals surface area contributed by atoms with Crippen molar-refractivity contribution in [2.45, 2.75) is 139 Å². The number of benzene rings is 4. The summed E-state index contributed by atoms with van der Waals surface area (Å²) in [5.41, 5.74) is 3.10. The maximum Gasteiger partial charge on any atom is 0.408 e. The van der Waals surface area contributed by atoms with Crippen molar-refractivity contribution in [3.8, 4) is 5.75 Å². The molecule has 4 aromatic rings. The monoisotopic (exact) mass is 1050 g/mol. The van der Waals surface area contributed by atoms with Crippen LogP contribution >= 0.6 is 0 Å². The zero-order chi connectivity index (χ0) is 53.4. The van der Waals surface area contributed by atoms with E-state index in [4.69, 9.17) is 42.6 Å². The summed E-state index contributed by atoms with van der Waals surface area (Å²) in [6, 6.07) is 31.7. The van der Waals surface area contributed by atoms with Crippen LogP contribution in [0, 0.1) is 5.92 Å². The summed E-state index contributed by atoms with van der Waals surface area (Å²) < 4.78 is 55.1. The largest absolute Gasteiger partial charge is 0.508 e. The van der Waals surface area contributed by atoms with Crippen LogP contribution in [-0.2, 0) is 69.0 Å². The van der Waals surface area contributed by atoms with Gasteiger partial charge >= 0.3 is 18.3 Å². The van der Waals surface area contributed by atoms with Gasteiger partial charge in [0, 0.05) is 12.6 Å². The molecule has 8 rings (SSSR count). The summed E-state index contributed by atoms with van der Waals surface area (Å²) in [7, 11) is 0. The van der Waals surface area contributed by atoms with Crippen molar-refractivity contribution in [3.05, 3.63) is 162 Å². The van der Waals surface area contributed by atoms with Crippen molar-refractivity contribution in [1.29, 1.82) is 0 Å². The molecule has 1 aliphatic carbocycles. The van der Waals surface area contributed by atoms with E-state index in [-0.39, 0.29) is 50.7 Å². The molecule has 3 heterocycles. The molecule has 76 heavy (non-hydrogen) atoms. The number of ether oxygens (including phenoxy) is 9. The van der Waals surface area contributed by atoms with Crippen LogP contribution in [0.5, 0.6) is 5.75 Å². The van der Waals surface area contributed by atoms with E-state index in [1.807, 2.05) is 105 Å². The van der Waals surface area contributed by atoms with Crippen LogP contribution in [-0.4, -0.2) is 138 Å². The Labute approximate surface area is 441 Å². The molecule has 1 saturated carbocycles. The highest BCUT2D eigenvalue weighted by Crippen LogP contribution is 2.37. The lowest BCUT2D eigenvalue weighted by Crippen LogP contribution is -2.62. The van der Waals surface area contributed by atoms with Crippen molar-refractivity contribution < 1.29 is 77.4 Å². The Morgan fingerprint density at radius 1 is 0.592 bits per heavy atom. The molecule has 20 heteroatoms. The summed E-state index contributed by atoms with van der Waals surface area (Å²) in [4.78, 5) is 39.2. The van der Waals surface area contributed by atoms with Crippen LogP contribution in [0.3, 0.4) is 0 Å². The molecule has 8 N–H and O–H groups in total. The normalized spacial score (nSPS) is 30.0. The van der Waals surface area contributed by atoms with Crippen LogP contribution in [0.25, 0.3) is 0 Å². The second-order valence-corrected chi connectivity index (χ2v) is 19.0. The first kappa shape index (κ1) is 55.8. The molecule has 4 aromatic carbocycles. The highest BCUT2D eigenvalue weighted by Gasteiger charge is 2.53. The van der Waals surface area contributed by atoms with Gasteiger partial charge in [-0.05, 0) is 53.1 Å². The summed E-state index contributed by atoms with van der Waals surface area (Å²) in [5, 5.41) is 57.0. The maximum absolute atomic E-state index is 13.2. The van der Waals surface area contributed by atoms with E-state index < -0.39 is 105 Å². The molecule has 2 fully saturated rings. The number of alkyl carbamates (subject to hydrolysis) is 3. The standard InChI is InChI=1S/C56H68N4O16/c1-3-40-22-24-42(59-55(66)69-32-36-16-9-5-10-17-36)51(71-40)74-48-34(2)26-44(57-28-38-20-13-21-39(62)27-38)46(63)50(48)76-53-47(64)49(45(30-61)73-53)75-52-43(60-56(67)70-33-37-18-11-6-12-19-37)25-23-41(72-52)29-58-54(65)68-31-35-14-7-4-8-15-35/h4-25,27,34,40-53,57,61-64H,3,26,28-33H2,1-2H3,(H,58,65)(H,59,66)(H,60,67). The van der Waals surface area contributed by atoms with Gasteiger partial charge in [-0.1, -0.05) is 141 Å². The Bertz CT molecular complexity index is 2510. The van der Waals surface area contributed by atoms with Crippen LogP contribution < -0.4 is 21.3 Å². The molecule has 15 atom stereocenters. The predicted octanol–water partition coefficient (Wildman–Crippen LogP) is 4.97. The van der Waals surface area contributed by atoms with Crippen molar-refractivity contribution in [1.82, 2.24) is 21.3 Å². The minimum absolute atomic E-state index is 0.0287. The second-order valence-electron chi connectivity index (χ2n) is 19.0. The fraction of sp³-hybridized carbons (Fsp3) is 0.446. The number of nitrogens with one attached hydrogen (secondary N) is 4. The number of aliphatic hydroxyl groups is 3. The number of phenolic OH excluding ortho intramolecular Hbond substituents is 1. The molecule has 3 aliphatic heterocycles. The SMILES string of the molecule is CCC1C=CC(NC(=O)OCc2ccccc2)C(OC2C(C)CC(NCc3cccc(O)c3)C(O)C2OC2OC(CO)C(OC3OC(CNC(=O)OCc4ccccc4)C=CC3NC(=O)OCc3ccccc3)C2O)O1. The second kappa shape index (κ2) is 27.6. The van der Waals surface area contributed by atoms with Crippen LogP contribution in [0.15, 0.2) is 140 Å². The van der Waals surface area contributed by atoms with Crippen molar-refractivity contribution in [2.24, 2.45) is 5.92 Å². The Kier molecular flexibility index (Phi) is 20.2. The molecule has 0 radical (unpaired) electrons. The van der Waals surface area contributed by atoms with E-state index in [1.54, 1.807) is 48.6 Å². The number of aliphatic hydroxyl groups excluding tert-OH is 3. The number of hydrogen-bond acceptors (Lipinski definition) is 17. The van der Waals surface area contributed by atoms with Gasteiger partial charge in [0.2, 0.25) is 0 Å². The van der Waals surface area contributed by atoms with E-state index in [2.05, 4.69) is 21.3 Å². The predicted molar refractivity (Wildman–Crippen MR) is 273 cm³/mol. The van der Waals surface area contributed by atoms with Crippen LogP contribution in [0.1, 0.15) is 48.9 Å². The molecule has 15 unspecified atom stereocenters. The number of phenols is 1. The van der Waals surface area contributed by atoms with E-state index in [1.165, 1.54) is 0 Å². The van der Waals surface area contributed by atoms with Gasteiger partial charge in [0.05, 0.1) is 37.6 Å². The van der Waals surface area contributed by atoms with Crippen molar-refractivity contribution >= 4 is 18.3 Å². The summed E-state index contributed by atoms with van der Waals surface area (Å²) in [5.74, 6) is -0.286. The number of carbonyl (C=O) groups excluding carboxylic acids is 3. The number of aromatic hydroxyl groups is 1. The lowest BCUT2D eigenvalue weighted by molar-refractivity contribution is -0.287. The molecule has 4 aliphatic rings. The fourth-order valence-electron chi connectivity index (χ4n) is 9.35. The molecule has 408 valence electrons. The molecule has 3 amide bonds. The van der Waals surface area contributed by atoms with E-state index in [0.717, 1.165) is 22.3 Å². The highest BCUT2D eigenvalue weighted by molar-refractivity contribution is 5.69. The van der Waals surface area contributed by atoms with Crippen molar-refractivity contribution in [2.75, 3.05) is 13.2 Å². The Hall–Kier alpha value is -6.43. The third-order valence-electron chi connectivity index (χ3n) is 13.4. The number of carbonyl (C=O) groups is 3. The Morgan fingerprint density at radius 2 is 1.11 bits per heavy atom. The Balaban J connectivity index is 0.987. The van der Waals surface area contributed by atoms with E-state index in [9.17, 15) is 34.8 Å². The molecule has 0 bridgehead atoms.